The summed E-state index contributed by atoms with van der Waals surface area (Å²) in [7, 11) is 0. The topological polar surface area (TPSA) is 43.4 Å². The summed E-state index contributed by atoms with van der Waals surface area (Å²) in [6, 6.07) is 0. The molecule has 0 aliphatic carbocycles. The van der Waals surface area contributed by atoms with Gasteiger partial charge in [-0.3, -0.25) is 4.79 Å². The van der Waals surface area contributed by atoms with Crippen LogP contribution in [-0.4, -0.2) is 30.7 Å². The molecule has 1 unspecified atom stereocenters. The Labute approximate surface area is 68.7 Å². The molecule has 70 valence electrons. The van der Waals surface area contributed by atoms with E-state index in [2.05, 4.69) is 4.74 Å². The number of ketones is 1. The third-order valence-corrected chi connectivity index (χ3v) is 1.35. The molecule has 0 fully saturated rings. The van der Waals surface area contributed by atoms with Gasteiger partial charge in [-0.1, -0.05) is 0 Å². The van der Waals surface area contributed by atoms with Crippen molar-refractivity contribution in [1.82, 2.24) is 0 Å². The van der Waals surface area contributed by atoms with Gasteiger partial charge < -0.3 is 4.74 Å². The van der Waals surface area contributed by atoms with Gasteiger partial charge in [-0.25, -0.2) is 13.6 Å². The Morgan fingerprint density at radius 3 is 2.33 bits per heavy atom. The predicted molar refractivity (Wildman–Crippen MR) is 37.1 cm³/mol. The van der Waals surface area contributed by atoms with Crippen molar-refractivity contribution < 1.29 is 23.1 Å². The van der Waals surface area contributed by atoms with Gasteiger partial charge in [0.15, 0.2) is 5.78 Å². The van der Waals surface area contributed by atoms with Gasteiger partial charge in [0, 0.05) is 0 Å². The summed E-state index contributed by atoms with van der Waals surface area (Å²) in [6.45, 7) is 0.304. The Kier molecular flexibility index (Phi) is 3.79. The van der Waals surface area contributed by atoms with Crippen LogP contribution in [0, 0.1) is 0 Å². The van der Waals surface area contributed by atoms with Crippen molar-refractivity contribution in [3.05, 3.63) is 0 Å². The Morgan fingerprint density at radius 1 is 1.50 bits per heavy atom. The van der Waals surface area contributed by atoms with Crippen LogP contribution in [0.25, 0.3) is 0 Å². The van der Waals surface area contributed by atoms with Gasteiger partial charge in [-0.05, 0) is 13.8 Å². The van der Waals surface area contributed by atoms with Gasteiger partial charge in [-0.2, -0.15) is 0 Å². The smallest absolute Gasteiger partial charge is 0.351 e. The van der Waals surface area contributed by atoms with E-state index in [1.54, 1.807) is 0 Å². The predicted octanol–water partition coefficient (Wildman–Crippen LogP) is 0.816. The Hall–Kier alpha value is -1.00. The molecular weight excluding hydrogens is 170 g/mol. The first-order valence-corrected chi connectivity index (χ1v) is 3.36. The number of hydrogen-bond donors (Lipinski definition) is 0. The first-order chi connectivity index (χ1) is 5.42. The molecule has 0 spiro atoms. The van der Waals surface area contributed by atoms with Gasteiger partial charge in [0.1, 0.15) is 13.3 Å². The highest BCUT2D eigenvalue weighted by Crippen LogP contribution is 2.13. The van der Waals surface area contributed by atoms with Crippen LogP contribution in [0.3, 0.4) is 0 Å². The molecule has 5 heteroatoms. The summed E-state index contributed by atoms with van der Waals surface area (Å²) in [5, 5.41) is 0. The summed E-state index contributed by atoms with van der Waals surface area (Å²) in [5.74, 6) is -2.29. The van der Waals surface area contributed by atoms with Crippen molar-refractivity contribution in [2.45, 2.75) is 19.5 Å². The van der Waals surface area contributed by atoms with Crippen LogP contribution in [-0.2, 0) is 14.3 Å². The molecule has 0 amide bonds. The van der Waals surface area contributed by atoms with Crippen LogP contribution in [0.5, 0.6) is 0 Å². The van der Waals surface area contributed by atoms with E-state index in [1.807, 2.05) is 0 Å². The summed E-state index contributed by atoms with van der Waals surface area (Å²) in [6.07, 6.45) is 0. The second-order valence-corrected chi connectivity index (χ2v) is 2.38. The summed E-state index contributed by atoms with van der Waals surface area (Å²) in [5.41, 5.74) is -2.66. The molecule has 0 rings (SSSR count). The van der Waals surface area contributed by atoms with E-state index in [9.17, 15) is 18.4 Å². The zero-order valence-electron chi connectivity index (χ0n) is 6.89. The fraction of sp³-hybridized carbons (Fsp3) is 0.714. The number of Topliss-reactive ketones (excluding diaryl/α,β-unsaturated/α-hetero) is 1. The first-order valence-electron chi connectivity index (χ1n) is 3.36. The maximum absolute atomic E-state index is 13.0. The number of carbonyl (C=O) groups excluding carboxylic acids is 2. The zero-order chi connectivity index (χ0) is 9.78. The number of hydrogen-bond acceptors (Lipinski definition) is 3. The zero-order valence-corrected chi connectivity index (χ0v) is 6.89. The molecule has 0 aromatic rings. The van der Waals surface area contributed by atoms with Crippen molar-refractivity contribution in [2.24, 2.45) is 0 Å². The maximum atomic E-state index is 13.0. The van der Waals surface area contributed by atoms with Crippen molar-refractivity contribution in [3.8, 4) is 0 Å². The average Bonchev–Trinajstić information content (AvgIpc) is 1.99. The molecule has 0 saturated carbocycles. The third kappa shape index (κ3) is 2.56. The van der Waals surface area contributed by atoms with E-state index < -0.39 is 30.7 Å². The monoisotopic (exact) mass is 180 g/mol. The lowest BCUT2D eigenvalue weighted by Crippen LogP contribution is -2.39. The van der Waals surface area contributed by atoms with Crippen LogP contribution >= 0.6 is 0 Å². The highest BCUT2D eigenvalue weighted by atomic mass is 19.1. The van der Waals surface area contributed by atoms with Crippen LogP contribution in [0.4, 0.5) is 8.78 Å². The molecule has 1 atom stereocenters. The third-order valence-electron chi connectivity index (χ3n) is 1.35. The number of halogens is 2. The second-order valence-electron chi connectivity index (χ2n) is 2.38. The number of carbonyl (C=O) groups is 2. The number of rotatable bonds is 4. The Bertz CT molecular complexity index is 189. The molecule has 0 aliphatic rings. The van der Waals surface area contributed by atoms with Crippen molar-refractivity contribution in [3.63, 3.8) is 0 Å². The van der Waals surface area contributed by atoms with E-state index >= 15 is 0 Å². The van der Waals surface area contributed by atoms with E-state index in [1.165, 1.54) is 0 Å². The fourth-order valence-electron chi connectivity index (χ4n) is 0.411. The van der Waals surface area contributed by atoms with Crippen LogP contribution in [0.1, 0.15) is 13.8 Å². The van der Waals surface area contributed by atoms with Crippen LogP contribution in [0.15, 0.2) is 0 Å². The fourth-order valence-corrected chi connectivity index (χ4v) is 0.411. The number of esters is 1. The maximum Gasteiger partial charge on any atom is 0.351 e. The van der Waals surface area contributed by atoms with E-state index in [0.717, 1.165) is 13.8 Å². The quantitative estimate of drug-likeness (QED) is 0.475. The molecule has 0 aliphatic heterocycles. The molecule has 3 nitrogen and oxygen atoms in total. The number of ether oxygens (including phenoxy) is 1. The van der Waals surface area contributed by atoms with Gasteiger partial charge in [-0.15, -0.1) is 0 Å². The van der Waals surface area contributed by atoms with Crippen LogP contribution in [0.2, 0.25) is 0 Å². The molecule has 0 heterocycles. The molecule has 0 bridgehead atoms. The summed E-state index contributed by atoms with van der Waals surface area (Å²) < 4.78 is 28.5. The molecule has 0 aromatic heterocycles. The lowest BCUT2D eigenvalue weighted by Gasteiger charge is -2.14. The van der Waals surface area contributed by atoms with Gasteiger partial charge >= 0.3 is 5.97 Å². The van der Waals surface area contributed by atoms with Crippen LogP contribution < -0.4 is 0 Å². The SMILES string of the molecule is CC(=O)C(C)(F)C(=O)OCCF. The standard InChI is InChI=1S/C7H10F2O3/c1-5(10)7(2,9)6(11)12-4-3-8/h3-4H2,1-2H3. The molecule has 0 radical (unpaired) electrons. The molecular formula is C7H10F2O3. The summed E-state index contributed by atoms with van der Waals surface area (Å²) >= 11 is 0. The molecule has 0 aromatic carbocycles. The minimum Gasteiger partial charge on any atom is -0.460 e. The van der Waals surface area contributed by atoms with Crippen molar-refractivity contribution in [2.75, 3.05) is 13.3 Å². The lowest BCUT2D eigenvalue weighted by molar-refractivity contribution is -0.161. The van der Waals surface area contributed by atoms with Gasteiger partial charge in [0.05, 0.1) is 0 Å². The lowest BCUT2D eigenvalue weighted by atomic mass is 10.1. The highest BCUT2D eigenvalue weighted by molar-refractivity contribution is 6.05. The van der Waals surface area contributed by atoms with Gasteiger partial charge in [0.2, 0.25) is 0 Å². The molecule has 0 N–H and O–H groups in total. The van der Waals surface area contributed by atoms with E-state index in [4.69, 9.17) is 0 Å². The van der Waals surface area contributed by atoms with Gasteiger partial charge in [0.25, 0.3) is 5.67 Å². The Balaban J connectivity index is 4.16. The van der Waals surface area contributed by atoms with E-state index in [0.29, 0.717) is 0 Å². The Morgan fingerprint density at radius 2 is 2.00 bits per heavy atom. The summed E-state index contributed by atoms with van der Waals surface area (Å²) in [4.78, 5) is 21.2. The van der Waals surface area contributed by atoms with E-state index in [-0.39, 0.29) is 0 Å². The normalized spacial score (nSPS) is 15.0. The second kappa shape index (κ2) is 4.13. The minimum atomic E-state index is -2.66. The molecule has 0 saturated heterocycles. The number of alkyl halides is 2. The highest BCUT2D eigenvalue weighted by Gasteiger charge is 2.39. The average molecular weight is 180 g/mol. The molecule has 12 heavy (non-hydrogen) atoms. The minimum absolute atomic E-state index is 0.522. The van der Waals surface area contributed by atoms with Crippen molar-refractivity contribution >= 4 is 11.8 Å². The van der Waals surface area contributed by atoms with Crippen molar-refractivity contribution in [1.29, 1.82) is 0 Å². The largest absolute Gasteiger partial charge is 0.460 e. The first kappa shape index (κ1) is 11.0.